The number of aryl methyl sites for hydroxylation is 1. The minimum Gasteiger partial charge on any atom is -1.00 e. The minimum atomic E-state index is 0. The van der Waals surface area contributed by atoms with Crippen molar-refractivity contribution in [2.24, 2.45) is 7.05 Å². The number of nitrogens with zero attached hydrogens (tertiary/aromatic N) is 2. The smallest absolute Gasteiger partial charge is 0.212 e. The van der Waals surface area contributed by atoms with E-state index in [0.29, 0.717) is 0 Å². The molecule has 0 N–H and O–H groups in total. The predicted molar refractivity (Wildman–Crippen MR) is 94.8 cm³/mol. The molecule has 118 valence electrons. The van der Waals surface area contributed by atoms with Crippen molar-refractivity contribution >= 4 is 28.7 Å². The van der Waals surface area contributed by atoms with Crippen LogP contribution in [0.15, 0.2) is 60.7 Å². The van der Waals surface area contributed by atoms with Gasteiger partial charge in [-0.25, -0.2) is 0 Å². The molecule has 0 saturated carbocycles. The van der Waals surface area contributed by atoms with Gasteiger partial charge in [0.2, 0.25) is 11.2 Å². The Kier molecular flexibility index (Phi) is 5.77. The second kappa shape index (κ2) is 7.59. The van der Waals surface area contributed by atoms with Gasteiger partial charge in [-0.2, -0.15) is 4.57 Å². The second-order valence-corrected chi connectivity index (χ2v) is 5.70. The predicted octanol–water partition coefficient (Wildman–Crippen LogP) is 0.905. The molecular formula is C20H21IN2. The van der Waals surface area contributed by atoms with Crippen LogP contribution in [-0.4, -0.2) is 14.1 Å². The van der Waals surface area contributed by atoms with Gasteiger partial charge in [0.25, 0.3) is 0 Å². The van der Waals surface area contributed by atoms with Crippen LogP contribution in [0.3, 0.4) is 0 Å². The molecule has 3 heteroatoms. The van der Waals surface area contributed by atoms with Crippen molar-refractivity contribution in [3.63, 3.8) is 0 Å². The van der Waals surface area contributed by atoms with Crippen molar-refractivity contribution in [3.8, 4) is 0 Å². The number of anilines is 1. The average molecular weight is 416 g/mol. The van der Waals surface area contributed by atoms with E-state index in [9.17, 15) is 0 Å². The average Bonchev–Trinajstić information content (AvgIpc) is 2.55. The number of hydrogen-bond donors (Lipinski definition) is 0. The van der Waals surface area contributed by atoms with Gasteiger partial charge in [0, 0.05) is 43.4 Å². The van der Waals surface area contributed by atoms with Gasteiger partial charge in [0.05, 0.1) is 0 Å². The molecule has 0 atom stereocenters. The molecule has 3 rings (SSSR count). The first kappa shape index (κ1) is 17.5. The zero-order valence-corrected chi connectivity index (χ0v) is 15.9. The summed E-state index contributed by atoms with van der Waals surface area (Å²) in [6.07, 6.45) is 4.31. The molecule has 2 nitrogen and oxygen atoms in total. The van der Waals surface area contributed by atoms with E-state index >= 15 is 0 Å². The van der Waals surface area contributed by atoms with E-state index in [1.54, 1.807) is 0 Å². The first-order valence-electron chi connectivity index (χ1n) is 7.48. The third-order valence-electron chi connectivity index (χ3n) is 3.96. The van der Waals surface area contributed by atoms with Gasteiger partial charge in [0.1, 0.15) is 7.05 Å². The second-order valence-electron chi connectivity index (χ2n) is 5.70. The standard InChI is InChI=1S/C20H21N2.HI/c1-21(2)19-13-14-20-17(15-19)10-12-18(22(20)3)11-9-16-7-5-4-6-8-16;/h4-15H,1-3H3;1H/q+1;/p-1/b11-9+;. The van der Waals surface area contributed by atoms with Crippen LogP contribution in [0.4, 0.5) is 5.69 Å². The Morgan fingerprint density at radius 3 is 2.30 bits per heavy atom. The summed E-state index contributed by atoms with van der Waals surface area (Å²) >= 11 is 0. The fourth-order valence-corrected chi connectivity index (χ4v) is 2.60. The number of fused-ring (bicyclic) bond motifs is 1. The highest BCUT2D eigenvalue weighted by molar-refractivity contribution is 5.81. The van der Waals surface area contributed by atoms with E-state index in [1.807, 2.05) is 6.07 Å². The number of benzene rings is 2. The SMILES string of the molecule is CN(C)c1ccc2c(ccc(/C=C/c3ccccc3)[n+]2C)c1.[I-]. The Labute approximate surface area is 155 Å². The van der Waals surface area contributed by atoms with Crippen molar-refractivity contribution in [2.75, 3.05) is 19.0 Å². The van der Waals surface area contributed by atoms with E-state index < -0.39 is 0 Å². The molecule has 0 amide bonds. The fourth-order valence-electron chi connectivity index (χ4n) is 2.60. The van der Waals surface area contributed by atoms with Crippen molar-refractivity contribution in [3.05, 3.63) is 71.9 Å². The first-order chi connectivity index (χ1) is 10.6. The maximum atomic E-state index is 2.23. The van der Waals surface area contributed by atoms with Gasteiger partial charge < -0.3 is 28.9 Å². The van der Waals surface area contributed by atoms with Crippen LogP contribution in [0.5, 0.6) is 0 Å². The van der Waals surface area contributed by atoms with Crippen molar-refractivity contribution in [1.29, 1.82) is 0 Å². The minimum absolute atomic E-state index is 0. The molecule has 3 aromatic rings. The normalized spacial score (nSPS) is 10.7. The Morgan fingerprint density at radius 1 is 0.870 bits per heavy atom. The maximum Gasteiger partial charge on any atom is 0.212 e. The lowest BCUT2D eigenvalue weighted by atomic mass is 10.1. The largest absolute Gasteiger partial charge is 1.00 e. The van der Waals surface area contributed by atoms with E-state index in [-0.39, 0.29) is 24.0 Å². The molecular weight excluding hydrogens is 395 g/mol. The summed E-state index contributed by atoms with van der Waals surface area (Å²) in [5, 5.41) is 1.26. The van der Waals surface area contributed by atoms with Gasteiger partial charge in [-0.3, -0.25) is 0 Å². The Hall–Kier alpha value is -1.88. The Balaban J connectivity index is 0.00000192. The molecule has 0 bridgehead atoms. The molecule has 0 unspecified atom stereocenters. The van der Waals surface area contributed by atoms with E-state index in [2.05, 4.69) is 97.4 Å². The van der Waals surface area contributed by atoms with Gasteiger partial charge in [-0.15, -0.1) is 0 Å². The van der Waals surface area contributed by atoms with Crippen molar-refractivity contribution < 1.29 is 28.5 Å². The Bertz CT molecular complexity index is 824. The summed E-state index contributed by atoms with van der Waals surface area (Å²) in [4.78, 5) is 2.13. The van der Waals surface area contributed by atoms with Crippen molar-refractivity contribution in [1.82, 2.24) is 0 Å². The molecule has 0 spiro atoms. The zero-order chi connectivity index (χ0) is 15.5. The molecule has 0 fully saturated rings. The highest BCUT2D eigenvalue weighted by Gasteiger charge is 2.10. The molecule has 0 aliphatic heterocycles. The molecule has 0 radical (unpaired) electrons. The summed E-state index contributed by atoms with van der Waals surface area (Å²) in [5.74, 6) is 0. The molecule has 23 heavy (non-hydrogen) atoms. The maximum absolute atomic E-state index is 2.23. The first-order valence-corrected chi connectivity index (χ1v) is 7.48. The van der Waals surface area contributed by atoms with Crippen LogP contribution in [0.2, 0.25) is 0 Å². The van der Waals surface area contributed by atoms with E-state index in [0.717, 1.165) is 0 Å². The quantitative estimate of drug-likeness (QED) is 0.455. The van der Waals surface area contributed by atoms with Gasteiger partial charge >= 0.3 is 0 Å². The van der Waals surface area contributed by atoms with Crippen molar-refractivity contribution in [2.45, 2.75) is 0 Å². The highest BCUT2D eigenvalue weighted by Crippen LogP contribution is 2.19. The van der Waals surface area contributed by atoms with Crippen LogP contribution in [-0.2, 0) is 7.05 Å². The van der Waals surface area contributed by atoms with Crippen LogP contribution >= 0.6 is 0 Å². The van der Waals surface area contributed by atoms with Crippen LogP contribution in [0.1, 0.15) is 11.3 Å². The van der Waals surface area contributed by atoms with Crippen LogP contribution in [0.25, 0.3) is 23.1 Å². The number of hydrogen-bond acceptors (Lipinski definition) is 1. The third kappa shape index (κ3) is 3.91. The molecule has 1 heterocycles. The number of halogens is 1. The van der Waals surface area contributed by atoms with Crippen LogP contribution < -0.4 is 33.4 Å². The molecule has 0 saturated heterocycles. The number of rotatable bonds is 3. The topological polar surface area (TPSA) is 7.12 Å². The van der Waals surface area contributed by atoms with Gasteiger partial charge in [-0.05, 0) is 29.8 Å². The monoisotopic (exact) mass is 416 g/mol. The van der Waals surface area contributed by atoms with Gasteiger partial charge in [0.15, 0.2) is 0 Å². The number of pyridine rings is 1. The van der Waals surface area contributed by atoms with Gasteiger partial charge in [-0.1, -0.05) is 30.3 Å². The summed E-state index contributed by atoms with van der Waals surface area (Å²) in [5.41, 5.74) is 4.86. The lowest BCUT2D eigenvalue weighted by Gasteiger charge is -2.12. The van der Waals surface area contributed by atoms with E-state index in [4.69, 9.17) is 0 Å². The van der Waals surface area contributed by atoms with E-state index in [1.165, 1.54) is 27.8 Å². The molecule has 0 aliphatic carbocycles. The molecule has 1 aromatic heterocycles. The van der Waals surface area contributed by atoms with Crippen LogP contribution in [0, 0.1) is 0 Å². The fraction of sp³-hybridized carbons (Fsp3) is 0.150. The summed E-state index contributed by atoms with van der Waals surface area (Å²) in [7, 11) is 6.25. The lowest BCUT2D eigenvalue weighted by molar-refractivity contribution is -0.646. The summed E-state index contributed by atoms with van der Waals surface area (Å²) < 4.78 is 2.23. The highest BCUT2D eigenvalue weighted by atomic mass is 127. The Morgan fingerprint density at radius 2 is 1.61 bits per heavy atom. The zero-order valence-electron chi connectivity index (χ0n) is 13.7. The number of aromatic nitrogens is 1. The lowest BCUT2D eigenvalue weighted by Crippen LogP contribution is -3.00. The summed E-state index contributed by atoms with van der Waals surface area (Å²) in [6, 6.07) is 21.3. The molecule has 0 aliphatic rings. The summed E-state index contributed by atoms with van der Waals surface area (Å²) in [6.45, 7) is 0. The third-order valence-corrected chi connectivity index (χ3v) is 3.96. The molecule has 2 aromatic carbocycles.